The van der Waals surface area contributed by atoms with Crippen LogP contribution in [0, 0.1) is 0 Å². The molecule has 7 heteroatoms. The Balaban J connectivity index is 1.61. The van der Waals surface area contributed by atoms with Gasteiger partial charge in [-0.2, -0.15) is 0 Å². The summed E-state index contributed by atoms with van der Waals surface area (Å²) in [6.07, 6.45) is 3.72. The zero-order valence-electron chi connectivity index (χ0n) is 17.4. The number of nitrogens with zero attached hydrogens (tertiary/aromatic N) is 3. The maximum absolute atomic E-state index is 12.6. The smallest absolute Gasteiger partial charge is 0.326 e. The SMILES string of the molecule is CCCCc1oc2ccccc2c1CN(C)C(=O)CCCN1C(=O)CN(C)C1=O. The third-order valence-corrected chi connectivity index (χ3v) is 5.36. The molecule has 1 aromatic carbocycles. The van der Waals surface area contributed by atoms with E-state index in [-0.39, 0.29) is 37.4 Å². The second kappa shape index (κ2) is 9.11. The first-order valence-corrected chi connectivity index (χ1v) is 10.2. The number of urea groups is 1. The van der Waals surface area contributed by atoms with Crippen molar-refractivity contribution in [2.24, 2.45) is 0 Å². The van der Waals surface area contributed by atoms with Crippen molar-refractivity contribution in [3.05, 3.63) is 35.6 Å². The maximum Gasteiger partial charge on any atom is 0.326 e. The van der Waals surface area contributed by atoms with Crippen LogP contribution in [0.2, 0.25) is 0 Å². The number of furan rings is 1. The highest BCUT2D eigenvalue weighted by Gasteiger charge is 2.33. The zero-order valence-corrected chi connectivity index (χ0v) is 17.4. The summed E-state index contributed by atoms with van der Waals surface area (Å²) in [6.45, 7) is 3.02. The summed E-state index contributed by atoms with van der Waals surface area (Å²) in [5.74, 6) is 0.733. The number of para-hydroxylation sites is 1. The first kappa shape index (κ1) is 20.9. The molecule has 0 bridgehead atoms. The van der Waals surface area contributed by atoms with Gasteiger partial charge in [0, 0.05) is 51.0 Å². The van der Waals surface area contributed by atoms with Gasteiger partial charge in [-0.15, -0.1) is 0 Å². The molecule has 0 saturated carbocycles. The van der Waals surface area contributed by atoms with Gasteiger partial charge < -0.3 is 14.2 Å². The molecule has 0 unspecified atom stereocenters. The number of amides is 4. The number of imide groups is 1. The molecule has 1 aliphatic rings. The molecular weight excluding hydrogens is 370 g/mol. The third kappa shape index (κ3) is 4.60. The van der Waals surface area contributed by atoms with E-state index in [1.807, 2.05) is 24.3 Å². The summed E-state index contributed by atoms with van der Waals surface area (Å²) >= 11 is 0. The number of benzene rings is 1. The standard InChI is InChI=1S/C22H29N3O4/c1-4-5-10-19-17(16-9-6-7-11-18(16)29-19)14-23(2)20(26)12-8-13-25-21(27)15-24(3)22(25)28/h6-7,9,11H,4-5,8,10,12-15H2,1-3H3. The van der Waals surface area contributed by atoms with E-state index in [1.165, 1.54) is 9.80 Å². The molecule has 0 N–H and O–H groups in total. The molecule has 0 atom stereocenters. The van der Waals surface area contributed by atoms with Gasteiger partial charge in [-0.25, -0.2) is 4.79 Å². The van der Waals surface area contributed by atoms with E-state index in [2.05, 4.69) is 6.92 Å². The second-order valence-corrected chi connectivity index (χ2v) is 7.64. The van der Waals surface area contributed by atoms with Crippen LogP contribution in [0.3, 0.4) is 0 Å². The molecule has 0 aliphatic carbocycles. The fourth-order valence-corrected chi connectivity index (χ4v) is 3.66. The van der Waals surface area contributed by atoms with Gasteiger partial charge in [0.05, 0.1) is 0 Å². The Morgan fingerprint density at radius 1 is 1.21 bits per heavy atom. The topological polar surface area (TPSA) is 74.1 Å². The average Bonchev–Trinajstić information content (AvgIpc) is 3.17. The Hall–Kier alpha value is -2.83. The number of carbonyl (C=O) groups is 3. The van der Waals surface area contributed by atoms with Crippen molar-refractivity contribution in [1.82, 2.24) is 14.7 Å². The Morgan fingerprint density at radius 2 is 1.97 bits per heavy atom. The summed E-state index contributed by atoms with van der Waals surface area (Å²) in [7, 11) is 3.39. The Bertz CT molecular complexity index is 905. The number of likely N-dealkylation sites (N-methyl/N-ethyl adjacent to an activating group) is 1. The minimum absolute atomic E-state index is 0.0100. The quantitative estimate of drug-likeness (QED) is 0.606. The van der Waals surface area contributed by atoms with Gasteiger partial charge in [-0.05, 0) is 18.9 Å². The van der Waals surface area contributed by atoms with Crippen molar-refractivity contribution in [3.8, 4) is 0 Å². The summed E-state index contributed by atoms with van der Waals surface area (Å²) in [4.78, 5) is 40.7. The maximum atomic E-state index is 12.6. The van der Waals surface area contributed by atoms with Crippen LogP contribution < -0.4 is 0 Å². The lowest BCUT2D eigenvalue weighted by Crippen LogP contribution is -2.33. The lowest BCUT2D eigenvalue weighted by molar-refractivity contribution is -0.131. The van der Waals surface area contributed by atoms with E-state index in [0.717, 1.165) is 41.6 Å². The van der Waals surface area contributed by atoms with E-state index in [1.54, 1.807) is 19.0 Å². The number of fused-ring (bicyclic) bond motifs is 1. The van der Waals surface area contributed by atoms with Crippen molar-refractivity contribution < 1.29 is 18.8 Å². The Kier molecular flexibility index (Phi) is 6.56. The number of rotatable bonds is 9. The number of aryl methyl sites for hydroxylation is 1. The average molecular weight is 399 g/mol. The second-order valence-electron chi connectivity index (χ2n) is 7.64. The fraction of sp³-hybridized carbons (Fsp3) is 0.500. The molecule has 4 amide bonds. The highest BCUT2D eigenvalue weighted by Crippen LogP contribution is 2.28. The largest absolute Gasteiger partial charge is 0.461 e. The highest BCUT2D eigenvalue weighted by atomic mass is 16.3. The monoisotopic (exact) mass is 399 g/mol. The fourth-order valence-electron chi connectivity index (χ4n) is 3.66. The Labute approximate surface area is 171 Å². The molecule has 156 valence electrons. The molecule has 0 radical (unpaired) electrons. The minimum atomic E-state index is -0.291. The molecule has 29 heavy (non-hydrogen) atoms. The van der Waals surface area contributed by atoms with Crippen molar-refractivity contribution in [2.75, 3.05) is 27.2 Å². The van der Waals surface area contributed by atoms with Crippen molar-refractivity contribution >= 4 is 28.8 Å². The molecule has 1 aliphatic heterocycles. The van der Waals surface area contributed by atoms with Crippen LogP contribution in [-0.4, -0.2) is 59.7 Å². The zero-order chi connectivity index (χ0) is 21.0. The van der Waals surface area contributed by atoms with Gasteiger partial charge in [0.2, 0.25) is 11.8 Å². The molecule has 1 aromatic heterocycles. The van der Waals surface area contributed by atoms with E-state index < -0.39 is 0 Å². The summed E-state index contributed by atoms with van der Waals surface area (Å²) < 4.78 is 6.04. The number of unbranched alkanes of at least 4 members (excludes halogenated alkanes) is 1. The molecule has 2 heterocycles. The van der Waals surface area contributed by atoms with E-state index in [9.17, 15) is 14.4 Å². The molecule has 1 fully saturated rings. The van der Waals surface area contributed by atoms with Gasteiger partial charge in [0.15, 0.2) is 0 Å². The molecular formula is C22H29N3O4. The third-order valence-electron chi connectivity index (χ3n) is 5.36. The lowest BCUT2D eigenvalue weighted by Gasteiger charge is -2.19. The molecule has 3 rings (SSSR count). The van der Waals surface area contributed by atoms with Gasteiger partial charge in [0.1, 0.15) is 17.9 Å². The van der Waals surface area contributed by atoms with E-state index in [4.69, 9.17) is 4.42 Å². The van der Waals surface area contributed by atoms with Gasteiger partial charge in [0.25, 0.3) is 0 Å². The number of hydrogen-bond acceptors (Lipinski definition) is 4. The van der Waals surface area contributed by atoms with Crippen LogP contribution in [0.4, 0.5) is 4.79 Å². The Morgan fingerprint density at radius 3 is 2.66 bits per heavy atom. The van der Waals surface area contributed by atoms with Gasteiger partial charge >= 0.3 is 6.03 Å². The first-order valence-electron chi connectivity index (χ1n) is 10.2. The van der Waals surface area contributed by atoms with Crippen molar-refractivity contribution in [3.63, 3.8) is 0 Å². The molecule has 0 spiro atoms. The predicted molar refractivity (Wildman–Crippen MR) is 110 cm³/mol. The molecule has 7 nitrogen and oxygen atoms in total. The van der Waals surface area contributed by atoms with E-state index >= 15 is 0 Å². The summed E-state index contributed by atoms with van der Waals surface area (Å²) in [5.41, 5.74) is 1.92. The van der Waals surface area contributed by atoms with E-state index in [0.29, 0.717) is 13.0 Å². The first-order chi connectivity index (χ1) is 13.9. The van der Waals surface area contributed by atoms with Crippen LogP contribution in [0.15, 0.2) is 28.7 Å². The van der Waals surface area contributed by atoms with Gasteiger partial charge in [-0.3, -0.25) is 14.5 Å². The van der Waals surface area contributed by atoms with Crippen molar-refractivity contribution in [1.29, 1.82) is 0 Å². The van der Waals surface area contributed by atoms with Crippen LogP contribution in [0.25, 0.3) is 11.0 Å². The molecule has 1 saturated heterocycles. The van der Waals surface area contributed by atoms with Gasteiger partial charge in [-0.1, -0.05) is 31.5 Å². The van der Waals surface area contributed by atoms with Crippen molar-refractivity contribution in [2.45, 2.75) is 45.6 Å². The normalized spacial score (nSPS) is 14.3. The minimum Gasteiger partial charge on any atom is -0.461 e. The predicted octanol–water partition coefficient (Wildman–Crippen LogP) is 3.41. The van der Waals surface area contributed by atoms with Crippen LogP contribution in [-0.2, 0) is 22.6 Å². The summed E-state index contributed by atoms with van der Waals surface area (Å²) in [6, 6.07) is 7.63. The van der Waals surface area contributed by atoms with Crippen LogP contribution in [0.1, 0.15) is 43.9 Å². The number of carbonyl (C=O) groups excluding carboxylic acids is 3. The summed E-state index contributed by atoms with van der Waals surface area (Å²) in [5, 5.41) is 1.05. The highest BCUT2D eigenvalue weighted by molar-refractivity contribution is 6.01. The van der Waals surface area contributed by atoms with Crippen LogP contribution in [0.5, 0.6) is 0 Å². The van der Waals surface area contributed by atoms with Crippen LogP contribution >= 0.6 is 0 Å². The number of hydrogen-bond donors (Lipinski definition) is 0. The molecule has 2 aromatic rings. The lowest BCUT2D eigenvalue weighted by atomic mass is 10.1.